The molecule has 2 nitrogen and oxygen atoms in total. The minimum absolute atomic E-state index is 0.316. The first-order valence-corrected chi connectivity index (χ1v) is 7.23. The van der Waals surface area contributed by atoms with Gasteiger partial charge in [0.15, 0.2) is 0 Å². The van der Waals surface area contributed by atoms with Gasteiger partial charge in [-0.1, -0.05) is 28.1 Å². The maximum absolute atomic E-state index is 6.12. The van der Waals surface area contributed by atoms with Crippen LogP contribution in [-0.4, -0.2) is 19.3 Å². The zero-order chi connectivity index (χ0) is 12.3. The number of ether oxygens (including phenoxy) is 2. The molecule has 0 unspecified atom stereocenters. The Bertz CT molecular complexity index is 361. The molecule has 17 heavy (non-hydrogen) atoms. The molecule has 0 N–H and O–H groups in total. The third-order valence-electron chi connectivity index (χ3n) is 3.13. The maximum Gasteiger partial charge on any atom is 0.125 e. The van der Waals surface area contributed by atoms with Crippen molar-refractivity contribution in [3.63, 3.8) is 0 Å². The number of rotatable bonds is 3. The third-order valence-corrected chi connectivity index (χ3v) is 3.77. The summed E-state index contributed by atoms with van der Waals surface area (Å²) in [6.07, 6.45) is 2.31. The summed E-state index contributed by atoms with van der Waals surface area (Å²) < 4.78 is 11.5. The van der Waals surface area contributed by atoms with Gasteiger partial charge in [-0.2, -0.15) is 0 Å². The van der Waals surface area contributed by atoms with Crippen molar-refractivity contribution in [2.75, 3.05) is 13.2 Å². The minimum Gasteiger partial charge on any atom is -0.490 e. The van der Waals surface area contributed by atoms with Crippen molar-refractivity contribution < 1.29 is 9.47 Å². The van der Waals surface area contributed by atoms with Crippen LogP contribution in [0.2, 0.25) is 0 Å². The van der Waals surface area contributed by atoms with Crippen molar-refractivity contribution >= 4 is 15.9 Å². The molecule has 94 valence electrons. The molecular formula is C14H19BrO2. The number of hydrogen-bond acceptors (Lipinski definition) is 2. The van der Waals surface area contributed by atoms with Crippen molar-refractivity contribution in [1.29, 1.82) is 0 Å². The minimum atomic E-state index is 0.316. The molecule has 0 aliphatic carbocycles. The van der Waals surface area contributed by atoms with Crippen LogP contribution < -0.4 is 4.74 Å². The highest BCUT2D eigenvalue weighted by Crippen LogP contribution is 2.28. The van der Waals surface area contributed by atoms with Gasteiger partial charge in [-0.3, -0.25) is 0 Å². The normalized spacial score (nSPS) is 17.1. The van der Waals surface area contributed by atoms with Crippen molar-refractivity contribution in [2.45, 2.75) is 38.1 Å². The monoisotopic (exact) mass is 298 g/mol. The Morgan fingerprint density at radius 1 is 1.24 bits per heavy atom. The van der Waals surface area contributed by atoms with Gasteiger partial charge in [0, 0.05) is 18.2 Å². The fraction of sp³-hybridized carbons (Fsp3) is 0.571. The molecule has 1 aromatic carbocycles. The van der Waals surface area contributed by atoms with Crippen molar-refractivity contribution in [1.82, 2.24) is 0 Å². The largest absolute Gasteiger partial charge is 0.490 e. The van der Waals surface area contributed by atoms with Gasteiger partial charge in [0.1, 0.15) is 11.9 Å². The first kappa shape index (κ1) is 12.9. The lowest BCUT2D eigenvalue weighted by Gasteiger charge is -2.25. The Morgan fingerprint density at radius 3 is 2.35 bits per heavy atom. The molecule has 0 saturated carbocycles. The van der Waals surface area contributed by atoms with E-state index in [2.05, 4.69) is 41.9 Å². The van der Waals surface area contributed by atoms with E-state index in [0.29, 0.717) is 6.10 Å². The SMILES string of the molecule is Cc1cc(CBr)cc(C)c1OC1CCOCC1. The first-order chi connectivity index (χ1) is 8.20. The van der Waals surface area contributed by atoms with Crippen LogP contribution in [0.25, 0.3) is 0 Å². The number of hydrogen-bond donors (Lipinski definition) is 0. The lowest BCUT2D eigenvalue weighted by molar-refractivity contribution is 0.0250. The fourth-order valence-corrected chi connectivity index (χ4v) is 2.59. The van der Waals surface area contributed by atoms with Crippen LogP contribution in [0, 0.1) is 13.8 Å². The molecular weight excluding hydrogens is 280 g/mol. The van der Waals surface area contributed by atoms with E-state index in [1.165, 1.54) is 16.7 Å². The maximum atomic E-state index is 6.12. The predicted octanol–water partition coefficient (Wildman–Crippen LogP) is 3.76. The van der Waals surface area contributed by atoms with Gasteiger partial charge in [-0.15, -0.1) is 0 Å². The van der Waals surface area contributed by atoms with Crippen LogP contribution in [0.3, 0.4) is 0 Å². The molecule has 1 saturated heterocycles. The summed E-state index contributed by atoms with van der Waals surface area (Å²) >= 11 is 3.49. The average Bonchev–Trinajstić information content (AvgIpc) is 2.35. The summed E-state index contributed by atoms with van der Waals surface area (Å²) in [4.78, 5) is 0. The Morgan fingerprint density at radius 2 is 1.82 bits per heavy atom. The van der Waals surface area contributed by atoms with E-state index >= 15 is 0 Å². The van der Waals surface area contributed by atoms with Crippen LogP contribution in [-0.2, 0) is 10.1 Å². The highest BCUT2D eigenvalue weighted by Gasteiger charge is 2.17. The number of aryl methyl sites for hydroxylation is 2. The number of halogens is 1. The molecule has 1 fully saturated rings. The van der Waals surface area contributed by atoms with Crippen LogP contribution in [0.15, 0.2) is 12.1 Å². The van der Waals surface area contributed by atoms with E-state index in [1.54, 1.807) is 0 Å². The molecule has 1 heterocycles. The zero-order valence-corrected chi connectivity index (χ0v) is 12.0. The lowest BCUT2D eigenvalue weighted by Crippen LogP contribution is -2.26. The molecule has 0 bridgehead atoms. The fourth-order valence-electron chi connectivity index (χ4n) is 2.26. The first-order valence-electron chi connectivity index (χ1n) is 6.11. The molecule has 1 aliphatic heterocycles. The van der Waals surface area contributed by atoms with Gasteiger partial charge in [0.25, 0.3) is 0 Å². The molecule has 0 aromatic heterocycles. The van der Waals surface area contributed by atoms with E-state index in [0.717, 1.165) is 37.1 Å². The molecule has 0 atom stereocenters. The summed E-state index contributed by atoms with van der Waals surface area (Å²) in [5, 5.41) is 0.895. The highest BCUT2D eigenvalue weighted by atomic mass is 79.9. The smallest absolute Gasteiger partial charge is 0.125 e. The third kappa shape index (κ3) is 3.23. The Kier molecular flexibility index (Phi) is 4.46. The predicted molar refractivity (Wildman–Crippen MR) is 73.0 cm³/mol. The second-order valence-corrected chi connectivity index (χ2v) is 5.18. The summed E-state index contributed by atoms with van der Waals surface area (Å²) in [6.45, 7) is 5.88. The van der Waals surface area contributed by atoms with Gasteiger partial charge in [-0.05, 0) is 30.5 Å². The average molecular weight is 299 g/mol. The summed E-state index contributed by atoms with van der Waals surface area (Å²) in [6, 6.07) is 4.38. The molecule has 2 rings (SSSR count). The van der Waals surface area contributed by atoms with E-state index < -0.39 is 0 Å². The van der Waals surface area contributed by atoms with Crippen molar-refractivity contribution in [3.8, 4) is 5.75 Å². The van der Waals surface area contributed by atoms with E-state index in [1.807, 2.05) is 0 Å². The van der Waals surface area contributed by atoms with Gasteiger partial charge in [0.05, 0.1) is 13.2 Å². The molecule has 0 amide bonds. The molecule has 3 heteroatoms. The number of benzene rings is 1. The van der Waals surface area contributed by atoms with E-state index in [9.17, 15) is 0 Å². The van der Waals surface area contributed by atoms with E-state index in [-0.39, 0.29) is 0 Å². The summed E-state index contributed by atoms with van der Waals surface area (Å²) in [5.41, 5.74) is 3.76. The zero-order valence-electron chi connectivity index (χ0n) is 10.5. The molecule has 0 radical (unpaired) electrons. The Hall–Kier alpha value is -0.540. The van der Waals surface area contributed by atoms with Gasteiger partial charge in [-0.25, -0.2) is 0 Å². The van der Waals surface area contributed by atoms with Crippen molar-refractivity contribution in [3.05, 3.63) is 28.8 Å². The van der Waals surface area contributed by atoms with Crippen LogP contribution in [0.4, 0.5) is 0 Å². The van der Waals surface area contributed by atoms with Crippen LogP contribution >= 0.6 is 15.9 Å². The van der Waals surface area contributed by atoms with Gasteiger partial charge in [0.2, 0.25) is 0 Å². The molecule has 0 spiro atoms. The lowest BCUT2D eigenvalue weighted by atomic mass is 10.1. The van der Waals surface area contributed by atoms with Gasteiger partial charge < -0.3 is 9.47 Å². The Labute approximate surface area is 111 Å². The van der Waals surface area contributed by atoms with Gasteiger partial charge >= 0.3 is 0 Å². The topological polar surface area (TPSA) is 18.5 Å². The summed E-state index contributed by atoms with van der Waals surface area (Å²) in [5.74, 6) is 1.06. The van der Waals surface area contributed by atoms with Crippen molar-refractivity contribution in [2.24, 2.45) is 0 Å². The second kappa shape index (κ2) is 5.87. The second-order valence-electron chi connectivity index (χ2n) is 4.62. The van der Waals surface area contributed by atoms with Crippen LogP contribution in [0.5, 0.6) is 5.75 Å². The Balaban J connectivity index is 2.14. The quantitative estimate of drug-likeness (QED) is 0.791. The number of alkyl halides is 1. The molecule has 1 aliphatic rings. The highest BCUT2D eigenvalue weighted by molar-refractivity contribution is 9.08. The standard InChI is InChI=1S/C14H19BrO2/c1-10-7-12(9-15)8-11(2)14(10)17-13-3-5-16-6-4-13/h7-8,13H,3-6,9H2,1-2H3. The molecule has 1 aromatic rings. The summed E-state index contributed by atoms with van der Waals surface area (Å²) in [7, 11) is 0. The van der Waals surface area contributed by atoms with E-state index in [4.69, 9.17) is 9.47 Å². The van der Waals surface area contributed by atoms with Crippen LogP contribution in [0.1, 0.15) is 29.5 Å².